The van der Waals surface area contributed by atoms with Gasteiger partial charge in [0.05, 0.1) is 19.8 Å². The summed E-state index contributed by atoms with van der Waals surface area (Å²) in [4.78, 5) is 25.3. The summed E-state index contributed by atoms with van der Waals surface area (Å²) in [6.07, 6.45) is 1.12. The van der Waals surface area contributed by atoms with Crippen LogP contribution in [0.1, 0.15) is 12.8 Å². The van der Waals surface area contributed by atoms with Crippen molar-refractivity contribution in [3.63, 3.8) is 0 Å². The number of carboxylic acid groups (broad SMARTS) is 1. The Kier molecular flexibility index (Phi) is 5.77. The smallest absolute Gasteiger partial charge is 0.332 e. The fourth-order valence-corrected chi connectivity index (χ4v) is 2.48. The zero-order valence-corrected chi connectivity index (χ0v) is 12.1. The summed E-state index contributed by atoms with van der Waals surface area (Å²) in [6.45, 7) is 5.14. The van der Waals surface area contributed by atoms with E-state index in [9.17, 15) is 14.7 Å². The van der Waals surface area contributed by atoms with Crippen LogP contribution >= 0.6 is 0 Å². The zero-order chi connectivity index (χ0) is 15.1. The third kappa shape index (κ3) is 4.55. The van der Waals surface area contributed by atoms with Crippen molar-refractivity contribution in [3.8, 4) is 0 Å². The molecule has 120 valence electrons. The first-order valence-corrected chi connectivity index (χ1v) is 7.30. The Balaban J connectivity index is 1.63. The van der Waals surface area contributed by atoms with Gasteiger partial charge in [0.15, 0.2) is 5.54 Å². The second-order valence-electron chi connectivity index (χ2n) is 5.38. The Bertz CT molecular complexity index is 365. The molecule has 2 fully saturated rings. The number of aliphatic carboxylic acids is 1. The van der Waals surface area contributed by atoms with Gasteiger partial charge in [0, 0.05) is 32.7 Å². The van der Waals surface area contributed by atoms with Crippen LogP contribution in [0, 0.1) is 0 Å². The molecule has 3 N–H and O–H groups in total. The van der Waals surface area contributed by atoms with E-state index in [0.29, 0.717) is 19.6 Å². The van der Waals surface area contributed by atoms with Crippen LogP contribution in [0.5, 0.6) is 0 Å². The Morgan fingerprint density at radius 1 is 1.19 bits per heavy atom. The van der Waals surface area contributed by atoms with Crippen LogP contribution in [-0.2, 0) is 14.3 Å². The van der Waals surface area contributed by atoms with E-state index < -0.39 is 17.5 Å². The van der Waals surface area contributed by atoms with Crippen LogP contribution in [0.2, 0.25) is 0 Å². The Morgan fingerprint density at radius 3 is 2.57 bits per heavy atom. The SMILES string of the molecule is O=C(NCCCN1CCOCC1)NC1(C(=O)O)CCOC1. The lowest BCUT2D eigenvalue weighted by molar-refractivity contribution is -0.144. The number of rotatable bonds is 6. The zero-order valence-electron chi connectivity index (χ0n) is 12.1. The van der Waals surface area contributed by atoms with Gasteiger partial charge in [-0.15, -0.1) is 0 Å². The summed E-state index contributed by atoms with van der Waals surface area (Å²) in [7, 11) is 0. The molecule has 2 aliphatic rings. The predicted molar refractivity (Wildman–Crippen MR) is 74.2 cm³/mol. The molecule has 2 saturated heterocycles. The lowest BCUT2D eigenvalue weighted by atomic mass is 9.99. The molecule has 8 heteroatoms. The van der Waals surface area contributed by atoms with Crippen molar-refractivity contribution in [1.82, 2.24) is 15.5 Å². The maximum Gasteiger partial charge on any atom is 0.332 e. The molecule has 2 amide bonds. The number of morpholine rings is 1. The summed E-state index contributed by atoms with van der Waals surface area (Å²) < 4.78 is 10.3. The van der Waals surface area contributed by atoms with Crippen molar-refractivity contribution in [2.75, 3.05) is 52.6 Å². The number of carboxylic acids is 1. The van der Waals surface area contributed by atoms with Crippen molar-refractivity contribution in [2.24, 2.45) is 0 Å². The van der Waals surface area contributed by atoms with Gasteiger partial charge in [0.25, 0.3) is 0 Å². The molecule has 2 rings (SSSR count). The normalized spacial score (nSPS) is 26.5. The molecular weight excluding hydrogens is 278 g/mol. The summed E-state index contributed by atoms with van der Waals surface area (Å²) in [5.41, 5.74) is -1.28. The highest BCUT2D eigenvalue weighted by Crippen LogP contribution is 2.18. The van der Waals surface area contributed by atoms with Crippen molar-refractivity contribution < 1.29 is 24.2 Å². The highest BCUT2D eigenvalue weighted by atomic mass is 16.5. The fourth-order valence-electron chi connectivity index (χ4n) is 2.48. The molecular formula is C13H23N3O5. The van der Waals surface area contributed by atoms with Crippen molar-refractivity contribution in [1.29, 1.82) is 0 Å². The number of carbonyl (C=O) groups is 2. The van der Waals surface area contributed by atoms with E-state index in [4.69, 9.17) is 9.47 Å². The van der Waals surface area contributed by atoms with Crippen LogP contribution in [0.15, 0.2) is 0 Å². The summed E-state index contributed by atoms with van der Waals surface area (Å²) in [5, 5.41) is 14.4. The molecule has 0 spiro atoms. The first-order valence-electron chi connectivity index (χ1n) is 7.30. The highest BCUT2D eigenvalue weighted by molar-refractivity contribution is 5.86. The second-order valence-corrected chi connectivity index (χ2v) is 5.38. The van der Waals surface area contributed by atoms with Gasteiger partial charge in [-0.25, -0.2) is 9.59 Å². The standard InChI is InChI=1S/C13H23N3O5/c17-11(18)13(2-7-21-10-13)15-12(19)14-3-1-4-16-5-8-20-9-6-16/h1-10H2,(H,17,18)(H2,14,15,19). The molecule has 0 aromatic carbocycles. The molecule has 2 aliphatic heterocycles. The van der Waals surface area contributed by atoms with E-state index >= 15 is 0 Å². The first-order chi connectivity index (χ1) is 10.1. The topological polar surface area (TPSA) is 100 Å². The molecule has 0 radical (unpaired) electrons. The van der Waals surface area contributed by atoms with Crippen LogP contribution in [0.4, 0.5) is 4.79 Å². The number of urea groups is 1. The van der Waals surface area contributed by atoms with Gasteiger partial charge in [-0.2, -0.15) is 0 Å². The minimum Gasteiger partial charge on any atom is -0.479 e. The van der Waals surface area contributed by atoms with Crippen molar-refractivity contribution in [3.05, 3.63) is 0 Å². The lowest BCUT2D eigenvalue weighted by Crippen LogP contribution is -2.57. The van der Waals surface area contributed by atoms with E-state index in [1.165, 1.54) is 0 Å². The maximum absolute atomic E-state index is 11.8. The summed E-state index contributed by atoms with van der Waals surface area (Å²) in [5.74, 6) is -1.05. The molecule has 0 bridgehead atoms. The summed E-state index contributed by atoms with van der Waals surface area (Å²) >= 11 is 0. The van der Waals surface area contributed by atoms with Gasteiger partial charge in [-0.1, -0.05) is 0 Å². The van der Waals surface area contributed by atoms with Crippen LogP contribution in [0.3, 0.4) is 0 Å². The van der Waals surface area contributed by atoms with E-state index in [1.807, 2.05) is 0 Å². The molecule has 8 nitrogen and oxygen atoms in total. The monoisotopic (exact) mass is 301 g/mol. The Hall–Kier alpha value is -1.38. The van der Waals surface area contributed by atoms with Crippen LogP contribution < -0.4 is 10.6 Å². The van der Waals surface area contributed by atoms with E-state index in [0.717, 1.165) is 39.3 Å². The van der Waals surface area contributed by atoms with Gasteiger partial charge in [0.1, 0.15) is 0 Å². The average molecular weight is 301 g/mol. The van der Waals surface area contributed by atoms with Crippen molar-refractivity contribution in [2.45, 2.75) is 18.4 Å². The molecule has 1 unspecified atom stereocenters. The average Bonchev–Trinajstić information content (AvgIpc) is 2.94. The molecule has 0 aromatic heterocycles. The molecule has 0 aromatic rings. The van der Waals surface area contributed by atoms with Gasteiger partial charge in [-0.3, -0.25) is 4.90 Å². The lowest BCUT2D eigenvalue weighted by Gasteiger charge is -2.27. The first kappa shape index (κ1) is 16.0. The molecule has 0 saturated carbocycles. The molecule has 2 heterocycles. The van der Waals surface area contributed by atoms with Gasteiger partial charge in [-0.05, 0) is 13.0 Å². The molecule has 1 atom stereocenters. The number of carbonyl (C=O) groups excluding carboxylic acids is 1. The number of nitrogens with zero attached hydrogens (tertiary/aromatic N) is 1. The third-order valence-corrected chi connectivity index (χ3v) is 3.82. The van der Waals surface area contributed by atoms with Gasteiger partial charge < -0.3 is 25.2 Å². The van der Waals surface area contributed by atoms with Crippen molar-refractivity contribution >= 4 is 12.0 Å². The molecule has 0 aliphatic carbocycles. The quantitative estimate of drug-likeness (QED) is 0.558. The highest BCUT2D eigenvalue weighted by Gasteiger charge is 2.43. The number of hydrogen-bond donors (Lipinski definition) is 3. The van der Waals surface area contributed by atoms with Gasteiger partial charge in [0.2, 0.25) is 0 Å². The van der Waals surface area contributed by atoms with E-state index in [1.54, 1.807) is 0 Å². The van der Waals surface area contributed by atoms with Gasteiger partial charge >= 0.3 is 12.0 Å². The largest absolute Gasteiger partial charge is 0.479 e. The summed E-state index contributed by atoms with van der Waals surface area (Å²) in [6, 6.07) is -0.454. The Morgan fingerprint density at radius 2 is 1.95 bits per heavy atom. The Labute approximate surface area is 123 Å². The second kappa shape index (κ2) is 7.58. The minimum atomic E-state index is -1.28. The number of ether oxygens (including phenoxy) is 2. The number of nitrogens with one attached hydrogen (secondary N) is 2. The third-order valence-electron chi connectivity index (χ3n) is 3.82. The predicted octanol–water partition coefficient (Wildman–Crippen LogP) is -0.748. The molecule has 21 heavy (non-hydrogen) atoms. The number of hydrogen-bond acceptors (Lipinski definition) is 5. The fraction of sp³-hybridized carbons (Fsp3) is 0.846. The minimum absolute atomic E-state index is 0.0174. The maximum atomic E-state index is 11.8. The van der Waals surface area contributed by atoms with E-state index in [2.05, 4.69) is 15.5 Å². The number of amides is 2. The van der Waals surface area contributed by atoms with Crippen LogP contribution in [0.25, 0.3) is 0 Å². The van der Waals surface area contributed by atoms with E-state index in [-0.39, 0.29) is 6.61 Å². The van der Waals surface area contributed by atoms with Crippen LogP contribution in [-0.4, -0.2) is 80.2 Å².